The summed E-state index contributed by atoms with van der Waals surface area (Å²) >= 11 is 0. The number of alkyl halides is 3. The van der Waals surface area contributed by atoms with E-state index in [1.807, 2.05) is 18.3 Å². The standard InChI is InChI=1S/C20H25N5O3.C2HF3O2/c1-24-11-15(14-10-22-23-19(14)20(24)26)13-8-17(27-2)16(18(9-13)28-3)12-25-6-4-21-5-7-25;3-2(4,5)1(6)7/h8-11,21H,4-7,12H2,1-3H3,(H,22,23);(H,6,7). The largest absolute Gasteiger partial charge is 0.496 e. The fourth-order valence-corrected chi connectivity index (χ4v) is 3.77. The van der Waals surface area contributed by atoms with Crippen molar-refractivity contribution in [3.8, 4) is 22.6 Å². The molecule has 0 radical (unpaired) electrons. The van der Waals surface area contributed by atoms with Crippen molar-refractivity contribution >= 4 is 16.9 Å². The third-order valence-electron chi connectivity index (χ3n) is 5.54. The number of halogens is 3. The van der Waals surface area contributed by atoms with Crippen molar-refractivity contribution in [3.63, 3.8) is 0 Å². The number of nitrogens with zero attached hydrogens (tertiary/aromatic N) is 3. The van der Waals surface area contributed by atoms with E-state index in [0.29, 0.717) is 5.52 Å². The first-order valence-electron chi connectivity index (χ1n) is 10.6. The van der Waals surface area contributed by atoms with Crippen LogP contribution >= 0.6 is 0 Å². The Kier molecular flexibility index (Phi) is 8.02. The number of hydrogen-bond acceptors (Lipinski definition) is 7. The summed E-state index contributed by atoms with van der Waals surface area (Å²) in [5.41, 5.74) is 3.23. The molecule has 1 aliphatic heterocycles. The normalized spacial score (nSPS) is 14.3. The molecule has 0 spiro atoms. The first-order chi connectivity index (χ1) is 16.6. The van der Waals surface area contributed by atoms with Crippen molar-refractivity contribution in [3.05, 3.63) is 40.4 Å². The summed E-state index contributed by atoms with van der Waals surface area (Å²) in [7, 11) is 5.08. The van der Waals surface area contributed by atoms with Crippen LogP contribution in [0.4, 0.5) is 13.2 Å². The molecule has 1 aromatic carbocycles. The molecular weight excluding hydrogens is 471 g/mol. The van der Waals surface area contributed by atoms with E-state index in [1.54, 1.807) is 32.0 Å². The second kappa shape index (κ2) is 10.8. The molecule has 0 aliphatic carbocycles. The number of pyridine rings is 1. The number of aromatic nitrogens is 3. The van der Waals surface area contributed by atoms with E-state index in [9.17, 15) is 18.0 Å². The summed E-state index contributed by atoms with van der Waals surface area (Å²) in [6.45, 7) is 4.72. The second-order valence-corrected chi connectivity index (χ2v) is 7.81. The van der Waals surface area contributed by atoms with E-state index in [1.165, 1.54) is 0 Å². The first kappa shape index (κ1) is 26.0. The van der Waals surface area contributed by atoms with Gasteiger partial charge in [0.2, 0.25) is 0 Å². The predicted molar refractivity (Wildman–Crippen MR) is 122 cm³/mol. The van der Waals surface area contributed by atoms with E-state index in [0.717, 1.165) is 66.3 Å². The number of aromatic amines is 1. The smallest absolute Gasteiger partial charge is 0.490 e. The van der Waals surface area contributed by atoms with Crippen molar-refractivity contribution in [2.45, 2.75) is 12.7 Å². The summed E-state index contributed by atoms with van der Waals surface area (Å²) < 4.78 is 44.7. The molecule has 3 N–H and O–H groups in total. The van der Waals surface area contributed by atoms with Gasteiger partial charge < -0.3 is 24.5 Å². The number of ether oxygens (including phenoxy) is 2. The molecule has 1 saturated heterocycles. The summed E-state index contributed by atoms with van der Waals surface area (Å²) in [5.74, 6) is -1.20. The highest BCUT2D eigenvalue weighted by molar-refractivity contribution is 5.94. The van der Waals surface area contributed by atoms with Crippen molar-refractivity contribution in [2.24, 2.45) is 7.05 Å². The number of methoxy groups -OCH3 is 2. The number of H-pyrrole nitrogens is 1. The van der Waals surface area contributed by atoms with Gasteiger partial charge >= 0.3 is 12.1 Å². The van der Waals surface area contributed by atoms with Crippen molar-refractivity contribution in [2.75, 3.05) is 40.4 Å². The van der Waals surface area contributed by atoms with Crippen LogP contribution in [0, 0.1) is 0 Å². The fraction of sp³-hybridized carbons (Fsp3) is 0.409. The lowest BCUT2D eigenvalue weighted by Crippen LogP contribution is -2.43. The van der Waals surface area contributed by atoms with Gasteiger partial charge in [-0.25, -0.2) is 4.79 Å². The number of fused-ring (bicyclic) bond motifs is 1. The summed E-state index contributed by atoms with van der Waals surface area (Å²) in [5, 5.41) is 18.1. The molecule has 0 saturated carbocycles. The lowest BCUT2D eigenvalue weighted by atomic mass is 10.0. The second-order valence-electron chi connectivity index (χ2n) is 7.81. The first-order valence-corrected chi connectivity index (χ1v) is 10.6. The monoisotopic (exact) mass is 497 g/mol. The number of aliphatic carboxylic acids is 1. The highest BCUT2D eigenvalue weighted by Crippen LogP contribution is 2.37. The van der Waals surface area contributed by atoms with Gasteiger partial charge in [-0.05, 0) is 17.7 Å². The third kappa shape index (κ3) is 5.92. The Morgan fingerprint density at radius 2 is 1.74 bits per heavy atom. The number of carboxylic acids is 1. The lowest BCUT2D eigenvalue weighted by Gasteiger charge is -2.28. The molecule has 2 aromatic heterocycles. The SMILES string of the molecule is COc1cc(-c2cn(C)c(=O)c3[nH]ncc23)cc(OC)c1CN1CCNCC1.O=C(O)C(F)(F)F. The topological polar surface area (TPSA) is 122 Å². The van der Waals surface area contributed by atoms with Crippen molar-refractivity contribution < 1.29 is 32.5 Å². The van der Waals surface area contributed by atoms with Crippen molar-refractivity contribution in [1.29, 1.82) is 0 Å². The van der Waals surface area contributed by atoms with Gasteiger partial charge in [0.25, 0.3) is 5.56 Å². The van der Waals surface area contributed by atoms with Gasteiger partial charge in [0.05, 0.1) is 26.0 Å². The fourth-order valence-electron chi connectivity index (χ4n) is 3.77. The Morgan fingerprint density at radius 3 is 2.26 bits per heavy atom. The Labute approximate surface area is 198 Å². The van der Waals surface area contributed by atoms with Crippen LogP contribution in [-0.2, 0) is 18.4 Å². The summed E-state index contributed by atoms with van der Waals surface area (Å²) in [6, 6.07) is 4.01. The molecule has 4 rings (SSSR count). The third-order valence-corrected chi connectivity index (χ3v) is 5.54. The van der Waals surface area contributed by atoms with Crippen LogP contribution in [0.3, 0.4) is 0 Å². The number of carboxylic acid groups (broad SMARTS) is 1. The van der Waals surface area contributed by atoms with Crippen LogP contribution in [0.1, 0.15) is 5.56 Å². The van der Waals surface area contributed by atoms with Crippen LogP contribution < -0.4 is 20.3 Å². The Morgan fingerprint density at radius 1 is 1.17 bits per heavy atom. The number of benzene rings is 1. The molecule has 13 heteroatoms. The highest BCUT2D eigenvalue weighted by atomic mass is 19.4. The maximum atomic E-state index is 12.3. The molecule has 1 fully saturated rings. The van der Waals surface area contributed by atoms with E-state index >= 15 is 0 Å². The number of carbonyl (C=O) groups is 1. The zero-order valence-electron chi connectivity index (χ0n) is 19.4. The van der Waals surface area contributed by atoms with Crippen LogP contribution in [0.25, 0.3) is 22.0 Å². The molecule has 0 amide bonds. The molecule has 3 heterocycles. The van der Waals surface area contributed by atoms with Gasteiger partial charge in [-0.1, -0.05) is 0 Å². The highest BCUT2D eigenvalue weighted by Gasteiger charge is 2.38. The number of aryl methyl sites for hydroxylation is 1. The van der Waals surface area contributed by atoms with E-state index < -0.39 is 12.1 Å². The Bertz CT molecular complexity index is 1220. The van der Waals surface area contributed by atoms with Crippen LogP contribution in [0.2, 0.25) is 0 Å². The molecule has 0 unspecified atom stereocenters. The maximum absolute atomic E-state index is 12.3. The minimum atomic E-state index is -5.08. The number of rotatable bonds is 5. The maximum Gasteiger partial charge on any atom is 0.490 e. The van der Waals surface area contributed by atoms with E-state index in [4.69, 9.17) is 19.4 Å². The average Bonchev–Trinajstić information content (AvgIpc) is 3.32. The number of piperazine rings is 1. The van der Waals surface area contributed by atoms with Crippen LogP contribution in [0.5, 0.6) is 11.5 Å². The van der Waals surface area contributed by atoms with Gasteiger partial charge in [0.1, 0.15) is 17.0 Å². The van der Waals surface area contributed by atoms with Gasteiger partial charge in [-0.2, -0.15) is 18.3 Å². The molecule has 190 valence electrons. The quantitative estimate of drug-likeness (QED) is 0.489. The predicted octanol–water partition coefficient (Wildman–Crippen LogP) is 1.98. The Hall–Kier alpha value is -3.58. The van der Waals surface area contributed by atoms with Gasteiger partial charge in [-0.15, -0.1) is 0 Å². The number of nitrogens with one attached hydrogen (secondary N) is 2. The molecular formula is C22H26F3N5O5. The average molecular weight is 497 g/mol. The summed E-state index contributed by atoms with van der Waals surface area (Å²) in [4.78, 5) is 23.6. The zero-order valence-corrected chi connectivity index (χ0v) is 19.4. The van der Waals surface area contributed by atoms with Gasteiger partial charge in [-0.3, -0.25) is 14.8 Å². The van der Waals surface area contributed by atoms with Crippen molar-refractivity contribution in [1.82, 2.24) is 25.0 Å². The summed E-state index contributed by atoms with van der Waals surface area (Å²) in [6.07, 6.45) is -1.58. The van der Waals surface area contributed by atoms with Gasteiger partial charge in [0, 0.05) is 56.9 Å². The minimum absolute atomic E-state index is 0.106. The van der Waals surface area contributed by atoms with Crippen LogP contribution in [0.15, 0.2) is 29.3 Å². The molecule has 1 aliphatic rings. The lowest BCUT2D eigenvalue weighted by molar-refractivity contribution is -0.192. The zero-order chi connectivity index (χ0) is 25.8. The molecule has 0 atom stereocenters. The minimum Gasteiger partial charge on any atom is -0.496 e. The van der Waals surface area contributed by atoms with E-state index in [-0.39, 0.29) is 5.56 Å². The molecule has 3 aromatic rings. The van der Waals surface area contributed by atoms with E-state index in [2.05, 4.69) is 20.4 Å². The molecule has 0 bridgehead atoms. The molecule has 35 heavy (non-hydrogen) atoms. The Balaban J connectivity index is 0.000000429. The van der Waals surface area contributed by atoms with Crippen LogP contribution in [-0.4, -0.2) is 77.3 Å². The molecule has 10 nitrogen and oxygen atoms in total. The van der Waals surface area contributed by atoms with Gasteiger partial charge in [0.15, 0.2) is 0 Å². The number of hydrogen-bond donors (Lipinski definition) is 3.